The number of hydrogen-bond donors (Lipinski definition) is 1. The molecule has 3 aromatic rings. The predicted octanol–water partition coefficient (Wildman–Crippen LogP) is 4.92. The minimum Gasteiger partial charge on any atom is -0.339 e. The number of aromatic nitrogens is 2. The molecule has 0 fully saturated rings. The van der Waals surface area contributed by atoms with Crippen LogP contribution in [0.5, 0.6) is 0 Å². The maximum Gasteiger partial charge on any atom is 0.227 e. The Morgan fingerprint density at radius 3 is 2.68 bits per heavy atom. The highest BCUT2D eigenvalue weighted by molar-refractivity contribution is 6.33. The molecular weight excluding hydrogens is 361 g/mol. The van der Waals surface area contributed by atoms with Gasteiger partial charge in [-0.3, -0.25) is 4.79 Å². The zero-order chi connectivity index (χ0) is 17.8. The SMILES string of the molecule is Cc1c(Cl)cccc1NC(=O)CCc1nc(-c2ccccc2Cl)no1. The third kappa shape index (κ3) is 4.18. The molecule has 0 aliphatic rings. The van der Waals surface area contributed by atoms with Gasteiger partial charge in [0.15, 0.2) is 0 Å². The Hall–Kier alpha value is -2.37. The maximum atomic E-state index is 12.1. The van der Waals surface area contributed by atoms with Crippen molar-refractivity contribution in [1.82, 2.24) is 10.1 Å². The van der Waals surface area contributed by atoms with E-state index < -0.39 is 0 Å². The van der Waals surface area contributed by atoms with E-state index in [1.807, 2.05) is 25.1 Å². The number of hydrogen-bond acceptors (Lipinski definition) is 4. The fraction of sp³-hybridized carbons (Fsp3) is 0.167. The van der Waals surface area contributed by atoms with Crippen LogP contribution in [0, 0.1) is 6.92 Å². The van der Waals surface area contributed by atoms with Crippen molar-refractivity contribution in [3.63, 3.8) is 0 Å². The number of amides is 1. The fourth-order valence-corrected chi connectivity index (χ4v) is 2.68. The number of rotatable bonds is 5. The Balaban J connectivity index is 1.62. The van der Waals surface area contributed by atoms with E-state index in [0.717, 1.165) is 5.56 Å². The zero-order valence-electron chi connectivity index (χ0n) is 13.4. The van der Waals surface area contributed by atoms with Gasteiger partial charge in [0.2, 0.25) is 17.6 Å². The van der Waals surface area contributed by atoms with E-state index >= 15 is 0 Å². The first-order valence-corrected chi connectivity index (χ1v) is 8.42. The van der Waals surface area contributed by atoms with E-state index in [-0.39, 0.29) is 12.3 Å². The minimum atomic E-state index is -0.150. The van der Waals surface area contributed by atoms with Gasteiger partial charge in [-0.2, -0.15) is 4.98 Å². The summed E-state index contributed by atoms with van der Waals surface area (Å²) in [6.45, 7) is 1.85. The summed E-state index contributed by atoms with van der Waals surface area (Å²) in [6, 6.07) is 12.6. The van der Waals surface area contributed by atoms with Gasteiger partial charge >= 0.3 is 0 Å². The van der Waals surface area contributed by atoms with Crippen molar-refractivity contribution in [2.45, 2.75) is 19.8 Å². The topological polar surface area (TPSA) is 68.0 Å². The van der Waals surface area contributed by atoms with Gasteiger partial charge in [-0.1, -0.05) is 46.6 Å². The second-order valence-corrected chi connectivity index (χ2v) is 6.27. The maximum absolute atomic E-state index is 12.1. The standard InChI is InChI=1S/C18H15Cl2N3O2/c1-11-13(19)7-4-8-15(11)21-16(24)9-10-17-22-18(23-25-17)12-5-2-3-6-14(12)20/h2-8H,9-10H2,1H3,(H,21,24). The number of carbonyl (C=O) groups excluding carboxylic acids is 1. The highest BCUT2D eigenvalue weighted by Crippen LogP contribution is 2.25. The lowest BCUT2D eigenvalue weighted by Crippen LogP contribution is -2.13. The van der Waals surface area contributed by atoms with Crippen LogP contribution in [-0.2, 0) is 11.2 Å². The van der Waals surface area contributed by atoms with E-state index in [0.29, 0.717) is 39.4 Å². The summed E-state index contributed by atoms with van der Waals surface area (Å²) in [6.07, 6.45) is 0.555. The summed E-state index contributed by atoms with van der Waals surface area (Å²) in [5.41, 5.74) is 2.22. The van der Waals surface area contributed by atoms with Gasteiger partial charge in [0.05, 0.1) is 5.02 Å². The highest BCUT2D eigenvalue weighted by Gasteiger charge is 2.13. The average molecular weight is 376 g/mol. The molecule has 0 aliphatic carbocycles. The van der Waals surface area contributed by atoms with Crippen molar-refractivity contribution in [2.75, 3.05) is 5.32 Å². The van der Waals surface area contributed by atoms with Gasteiger partial charge in [-0.15, -0.1) is 0 Å². The lowest BCUT2D eigenvalue weighted by Gasteiger charge is -2.08. The van der Waals surface area contributed by atoms with Gasteiger partial charge in [0.1, 0.15) is 0 Å². The summed E-state index contributed by atoms with van der Waals surface area (Å²) < 4.78 is 5.20. The van der Waals surface area contributed by atoms with Crippen LogP contribution in [0.3, 0.4) is 0 Å². The summed E-state index contributed by atoms with van der Waals surface area (Å²) in [5, 5.41) is 7.91. The third-order valence-corrected chi connectivity index (χ3v) is 4.43. The first-order valence-electron chi connectivity index (χ1n) is 7.67. The van der Waals surface area contributed by atoms with Crippen molar-refractivity contribution in [1.29, 1.82) is 0 Å². The summed E-state index contributed by atoms with van der Waals surface area (Å²) in [4.78, 5) is 16.4. The average Bonchev–Trinajstić information content (AvgIpc) is 3.06. The molecule has 0 unspecified atom stereocenters. The van der Waals surface area contributed by atoms with Crippen molar-refractivity contribution in [3.05, 3.63) is 64.0 Å². The summed E-state index contributed by atoms with van der Waals surface area (Å²) >= 11 is 12.2. The first-order chi connectivity index (χ1) is 12.0. The minimum absolute atomic E-state index is 0.150. The van der Waals surface area contributed by atoms with Crippen LogP contribution >= 0.6 is 23.2 Å². The molecule has 0 saturated heterocycles. The van der Waals surface area contributed by atoms with E-state index in [9.17, 15) is 4.79 Å². The fourth-order valence-electron chi connectivity index (χ4n) is 2.28. The number of aryl methyl sites for hydroxylation is 1. The zero-order valence-corrected chi connectivity index (χ0v) is 14.9. The molecule has 1 N–H and O–H groups in total. The van der Waals surface area contributed by atoms with Crippen LogP contribution in [0.1, 0.15) is 17.9 Å². The van der Waals surface area contributed by atoms with Crippen LogP contribution < -0.4 is 5.32 Å². The van der Waals surface area contributed by atoms with Crippen LogP contribution in [0.2, 0.25) is 10.0 Å². The molecule has 128 valence electrons. The number of nitrogens with zero attached hydrogens (tertiary/aromatic N) is 2. The van der Waals surface area contributed by atoms with E-state index in [1.54, 1.807) is 24.3 Å². The Morgan fingerprint density at radius 1 is 1.12 bits per heavy atom. The van der Waals surface area contributed by atoms with Crippen LogP contribution in [-0.4, -0.2) is 16.0 Å². The van der Waals surface area contributed by atoms with Crippen molar-refractivity contribution in [2.24, 2.45) is 0 Å². The molecule has 2 aromatic carbocycles. The quantitative estimate of drug-likeness (QED) is 0.686. The number of nitrogens with one attached hydrogen (secondary N) is 1. The van der Waals surface area contributed by atoms with E-state index in [2.05, 4.69) is 15.5 Å². The van der Waals surface area contributed by atoms with Crippen LogP contribution in [0.25, 0.3) is 11.4 Å². The molecule has 1 heterocycles. The Morgan fingerprint density at radius 2 is 1.88 bits per heavy atom. The highest BCUT2D eigenvalue weighted by atomic mass is 35.5. The largest absolute Gasteiger partial charge is 0.339 e. The smallest absolute Gasteiger partial charge is 0.227 e. The van der Waals surface area contributed by atoms with Crippen molar-refractivity contribution in [3.8, 4) is 11.4 Å². The Kier molecular flexibility index (Phi) is 5.36. The lowest BCUT2D eigenvalue weighted by molar-refractivity contribution is -0.116. The van der Waals surface area contributed by atoms with E-state index in [1.165, 1.54) is 0 Å². The molecular formula is C18H15Cl2N3O2. The monoisotopic (exact) mass is 375 g/mol. The first kappa shape index (κ1) is 17.5. The van der Waals surface area contributed by atoms with Gasteiger partial charge in [0.25, 0.3) is 0 Å². The molecule has 1 amide bonds. The molecule has 25 heavy (non-hydrogen) atoms. The molecule has 1 aromatic heterocycles. The number of benzene rings is 2. The molecule has 7 heteroatoms. The van der Waals surface area contributed by atoms with Crippen LogP contribution in [0.4, 0.5) is 5.69 Å². The van der Waals surface area contributed by atoms with Crippen molar-refractivity contribution >= 4 is 34.8 Å². The number of halogens is 2. The van der Waals surface area contributed by atoms with Gasteiger partial charge < -0.3 is 9.84 Å². The third-order valence-electron chi connectivity index (χ3n) is 3.69. The molecule has 0 aliphatic heterocycles. The second kappa shape index (κ2) is 7.68. The molecule has 0 radical (unpaired) electrons. The van der Waals surface area contributed by atoms with Crippen LogP contribution in [0.15, 0.2) is 47.0 Å². The van der Waals surface area contributed by atoms with Crippen molar-refractivity contribution < 1.29 is 9.32 Å². The van der Waals surface area contributed by atoms with Gasteiger partial charge in [-0.05, 0) is 36.8 Å². The number of carbonyl (C=O) groups is 1. The van der Waals surface area contributed by atoms with Gasteiger partial charge in [-0.25, -0.2) is 0 Å². The van der Waals surface area contributed by atoms with E-state index in [4.69, 9.17) is 27.7 Å². The predicted molar refractivity (Wildman–Crippen MR) is 97.9 cm³/mol. The van der Waals surface area contributed by atoms with Gasteiger partial charge in [0, 0.05) is 29.1 Å². The molecule has 0 bridgehead atoms. The number of anilines is 1. The molecule has 0 atom stereocenters. The Labute approximate surface area is 155 Å². The summed E-state index contributed by atoms with van der Waals surface area (Å²) in [7, 11) is 0. The second-order valence-electron chi connectivity index (χ2n) is 5.45. The molecule has 0 saturated carbocycles. The molecule has 0 spiro atoms. The molecule has 5 nitrogen and oxygen atoms in total. The normalized spacial score (nSPS) is 10.7. The summed E-state index contributed by atoms with van der Waals surface area (Å²) in [5.74, 6) is 0.641. The lowest BCUT2D eigenvalue weighted by atomic mass is 10.2. The molecule has 3 rings (SSSR count). The Bertz CT molecular complexity index is 909.